The lowest BCUT2D eigenvalue weighted by atomic mass is 10.1. The summed E-state index contributed by atoms with van der Waals surface area (Å²) in [6, 6.07) is 0. The van der Waals surface area contributed by atoms with Gasteiger partial charge in [0.2, 0.25) is 0 Å². The maximum absolute atomic E-state index is 5.86. The highest BCUT2D eigenvalue weighted by molar-refractivity contribution is 6.22. The van der Waals surface area contributed by atoms with Crippen LogP contribution in [0.25, 0.3) is 0 Å². The van der Waals surface area contributed by atoms with Crippen molar-refractivity contribution in [2.45, 2.75) is 11.8 Å². The van der Waals surface area contributed by atoms with Crippen molar-refractivity contribution in [1.29, 1.82) is 0 Å². The average molecular weight is 173 g/mol. The Bertz CT molecular complexity index is 154. The molecule has 1 aliphatic rings. The van der Waals surface area contributed by atoms with E-state index in [2.05, 4.69) is 12.7 Å². The Balaban J connectivity index is 2.09. The minimum absolute atomic E-state index is 0.215. The highest BCUT2D eigenvalue weighted by atomic mass is 35.5. The first-order chi connectivity index (χ1) is 5.33. The SMILES string of the molecule is C=CCOCC1C=CC(Cl)C1. The summed E-state index contributed by atoms with van der Waals surface area (Å²) in [6.07, 6.45) is 6.93. The molecule has 2 atom stereocenters. The van der Waals surface area contributed by atoms with Gasteiger partial charge in [-0.25, -0.2) is 0 Å². The van der Waals surface area contributed by atoms with Gasteiger partial charge in [0.15, 0.2) is 0 Å². The molecule has 0 N–H and O–H groups in total. The van der Waals surface area contributed by atoms with Crippen molar-refractivity contribution in [2.75, 3.05) is 13.2 Å². The summed E-state index contributed by atoms with van der Waals surface area (Å²) in [5.74, 6) is 0.512. The molecule has 1 nitrogen and oxygen atoms in total. The van der Waals surface area contributed by atoms with Gasteiger partial charge >= 0.3 is 0 Å². The van der Waals surface area contributed by atoms with E-state index in [1.807, 2.05) is 6.08 Å². The molecule has 0 heterocycles. The van der Waals surface area contributed by atoms with Crippen molar-refractivity contribution in [3.63, 3.8) is 0 Å². The van der Waals surface area contributed by atoms with Crippen LogP contribution in [0.3, 0.4) is 0 Å². The molecule has 0 radical (unpaired) electrons. The van der Waals surface area contributed by atoms with Crippen LogP contribution >= 0.6 is 11.6 Å². The summed E-state index contributed by atoms with van der Waals surface area (Å²) in [5.41, 5.74) is 0. The van der Waals surface area contributed by atoms with Crippen LogP contribution in [0.15, 0.2) is 24.8 Å². The highest BCUT2D eigenvalue weighted by Crippen LogP contribution is 2.21. The third kappa shape index (κ3) is 3.08. The number of allylic oxidation sites excluding steroid dienone is 1. The molecule has 0 amide bonds. The fourth-order valence-corrected chi connectivity index (χ4v) is 1.46. The summed E-state index contributed by atoms with van der Waals surface area (Å²) in [6.45, 7) is 4.98. The predicted octanol–water partition coefficient (Wildman–Crippen LogP) is 2.37. The molecule has 2 heteroatoms. The number of ether oxygens (including phenoxy) is 1. The van der Waals surface area contributed by atoms with Gasteiger partial charge in [-0.05, 0) is 6.42 Å². The third-order valence-corrected chi connectivity index (χ3v) is 2.01. The molecule has 2 unspecified atom stereocenters. The van der Waals surface area contributed by atoms with Gasteiger partial charge in [-0.15, -0.1) is 18.2 Å². The molecule has 0 spiro atoms. The van der Waals surface area contributed by atoms with E-state index in [0.29, 0.717) is 12.5 Å². The van der Waals surface area contributed by atoms with Crippen molar-refractivity contribution in [2.24, 2.45) is 5.92 Å². The van der Waals surface area contributed by atoms with Crippen molar-refractivity contribution in [3.05, 3.63) is 24.8 Å². The molecule has 0 bridgehead atoms. The molecule has 1 rings (SSSR count). The van der Waals surface area contributed by atoms with Crippen molar-refractivity contribution in [3.8, 4) is 0 Å². The van der Waals surface area contributed by atoms with Crippen molar-refractivity contribution in [1.82, 2.24) is 0 Å². The zero-order chi connectivity index (χ0) is 8.10. The van der Waals surface area contributed by atoms with Gasteiger partial charge in [-0.3, -0.25) is 0 Å². The van der Waals surface area contributed by atoms with Crippen LogP contribution in [0.4, 0.5) is 0 Å². The van der Waals surface area contributed by atoms with E-state index in [4.69, 9.17) is 16.3 Å². The summed E-state index contributed by atoms with van der Waals surface area (Å²) in [4.78, 5) is 0. The van der Waals surface area contributed by atoms with Gasteiger partial charge in [-0.1, -0.05) is 18.2 Å². The molecule has 0 saturated heterocycles. The lowest BCUT2D eigenvalue weighted by Crippen LogP contribution is -2.06. The molecular weight excluding hydrogens is 160 g/mol. The number of hydrogen-bond acceptors (Lipinski definition) is 1. The smallest absolute Gasteiger partial charge is 0.0645 e. The van der Waals surface area contributed by atoms with E-state index in [-0.39, 0.29) is 5.38 Å². The lowest BCUT2D eigenvalue weighted by Gasteiger charge is -2.07. The van der Waals surface area contributed by atoms with Crippen LogP contribution in [-0.2, 0) is 4.74 Å². The third-order valence-electron chi connectivity index (χ3n) is 1.69. The molecule has 11 heavy (non-hydrogen) atoms. The second kappa shape index (κ2) is 4.58. The maximum Gasteiger partial charge on any atom is 0.0645 e. The molecule has 1 aliphatic carbocycles. The van der Waals surface area contributed by atoms with Gasteiger partial charge in [-0.2, -0.15) is 0 Å². The molecule has 0 aromatic heterocycles. The van der Waals surface area contributed by atoms with Crippen LogP contribution in [0.1, 0.15) is 6.42 Å². The molecule has 0 aromatic rings. The van der Waals surface area contributed by atoms with Gasteiger partial charge < -0.3 is 4.74 Å². The zero-order valence-corrected chi connectivity index (χ0v) is 7.26. The monoisotopic (exact) mass is 172 g/mol. The predicted molar refractivity (Wildman–Crippen MR) is 47.9 cm³/mol. The van der Waals surface area contributed by atoms with E-state index >= 15 is 0 Å². The number of hydrogen-bond donors (Lipinski definition) is 0. The normalized spacial score (nSPS) is 29.2. The molecule has 0 saturated carbocycles. The minimum atomic E-state index is 0.215. The van der Waals surface area contributed by atoms with Gasteiger partial charge in [0.05, 0.1) is 18.6 Å². The summed E-state index contributed by atoms with van der Waals surface area (Å²) >= 11 is 5.86. The largest absolute Gasteiger partial charge is 0.377 e. The number of rotatable bonds is 4. The second-order valence-electron chi connectivity index (χ2n) is 2.72. The quantitative estimate of drug-likeness (QED) is 0.360. The van der Waals surface area contributed by atoms with Gasteiger partial charge in [0.1, 0.15) is 0 Å². The number of alkyl halides is 1. The first-order valence-corrected chi connectivity index (χ1v) is 4.27. The van der Waals surface area contributed by atoms with E-state index in [1.54, 1.807) is 6.08 Å². The highest BCUT2D eigenvalue weighted by Gasteiger charge is 2.15. The van der Waals surface area contributed by atoms with Crippen molar-refractivity contribution >= 4 is 11.6 Å². The zero-order valence-electron chi connectivity index (χ0n) is 6.50. The van der Waals surface area contributed by atoms with E-state index < -0.39 is 0 Å². The van der Waals surface area contributed by atoms with Crippen molar-refractivity contribution < 1.29 is 4.74 Å². The van der Waals surface area contributed by atoms with Crippen LogP contribution in [-0.4, -0.2) is 18.6 Å². The Morgan fingerprint density at radius 2 is 2.45 bits per heavy atom. The van der Waals surface area contributed by atoms with Crippen LogP contribution < -0.4 is 0 Å². The molecule has 0 aromatic carbocycles. The Hall–Kier alpha value is -0.270. The summed E-state index contributed by atoms with van der Waals surface area (Å²) in [5, 5.41) is 0.215. The molecule has 0 aliphatic heterocycles. The van der Waals surface area contributed by atoms with E-state index in [1.165, 1.54) is 0 Å². The summed E-state index contributed by atoms with van der Waals surface area (Å²) < 4.78 is 5.29. The van der Waals surface area contributed by atoms with Crippen LogP contribution in [0.2, 0.25) is 0 Å². The maximum atomic E-state index is 5.86. The fraction of sp³-hybridized carbons (Fsp3) is 0.556. The van der Waals surface area contributed by atoms with Crippen LogP contribution in [0, 0.1) is 5.92 Å². The Morgan fingerprint density at radius 3 is 3.00 bits per heavy atom. The van der Waals surface area contributed by atoms with E-state index in [0.717, 1.165) is 13.0 Å². The minimum Gasteiger partial charge on any atom is -0.377 e. The Labute approximate surface area is 72.7 Å². The first-order valence-electron chi connectivity index (χ1n) is 3.84. The van der Waals surface area contributed by atoms with Gasteiger partial charge in [0, 0.05) is 5.92 Å². The Morgan fingerprint density at radius 1 is 1.64 bits per heavy atom. The first kappa shape index (κ1) is 8.82. The average Bonchev–Trinajstić information content (AvgIpc) is 2.37. The fourth-order valence-electron chi connectivity index (χ4n) is 1.15. The van der Waals surface area contributed by atoms with E-state index in [9.17, 15) is 0 Å². The second-order valence-corrected chi connectivity index (χ2v) is 3.28. The van der Waals surface area contributed by atoms with Gasteiger partial charge in [0.25, 0.3) is 0 Å². The summed E-state index contributed by atoms with van der Waals surface area (Å²) in [7, 11) is 0. The molecule has 0 fully saturated rings. The standard InChI is InChI=1S/C9H13ClO/c1-2-5-11-7-8-3-4-9(10)6-8/h2-4,8-9H,1,5-7H2. The van der Waals surface area contributed by atoms with Crippen LogP contribution in [0.5, 0.6) is 0 Å². The number of halogens is 1. The molecular formula is C9H13ClO. The topological polar surface area (TPSA) is 9.23 Å². The lowest BCUT2D eigenvalue weighted by molar-refractivity contribution is 0.138. The molecule has 62 valence electrons. The Kier molecular flexibility index (Phi) is 3.67.